The first-order valence-corrected chi connectivity index (χ1v) is 5.56. The number of hydrogen-bond donors (Lipinski definition) is 0. The van der Waals surface area contributed by atoms with E-state index in [0.717, 1.165) is 12.0 Å². The Morgan fingerprint density at radius 1 is 1.38 bits per heavy atom. The predicted molar refractivity (Wildman–Crippen MR) is 58.0 cm³/mol. The van der Waals surface area contributed by atoms with E-state index in [-0.39, 0.29) is 0 Å². The zero-order valence-corrected chi connectivity index (χ0v) is 9.58. The molecule has 1 aliphatic heterocycles. The van der Waals surface area contributed by atoms with Crippen LogP contribution in [0.15, 0.2) is 0 Å². The second-order valence-corrected chi connectivity index (χ2v) is 4.46. The van der Waals surface area contributed by atoms with Gasteiger partial charge in [-0.1, -0.05) is 20.3 Å². The largest absolute Gasteiger partial charge is 0.305 e. The molecule has 0 saturated carbocycles. The standard InChI is InChI=1S/C11H24N2/c1-5-10-7-11(13(4)8-10)9-12(3)6-2/h10-11H,5-9H2,1-4H3. The van der Waals surface area contributed by atoms with E-state index in [1.807, 2.05) is 0 Å². The third kappa shape index (κ3) is 2.96. The Bertz CT molecular complexity index is 147. The van der Waals surface area contributed by atoms with Gasteiger partial charge in [0.2, 0.25) is 0 Å². The van der Waals surface area contributed by atoms with Crippen LogP contribution in [-0.4, -0.2) is 49.6 Å². The predicted octanol–water partition coefficient (Wildman–Crippen LogP) is 1.67. The molecule has 0 spiro atoms. The van der Waals surface area contributed by atoms with Crippen molar-refractivity contribution in [3.8, 4) is 0 Å². The molecular formula is C11H24N2. The summed E-state index contributed by atoms with van der Waals surface area (Å²) in [5.74, 6) is 0.945. The molecule has 1 fully saturated rings. The highest BCUT2D eigenvalue weighted by Crippen LogP contribution is 2.24. The molecule has 1 aliphatic rings. The molecule has 1 saturated heterocycles. The van der Waals surface area contributed by atoms with E-state index >= 15 is 0 Å². The second-order valence-electron chi connectivity index (χ2n) is 4.46. The minimum absolute atomic E-state index is 0.801. The van der Waals surface area contributed by atoms with Crippen LogP contribution in [0.1, 0.15) is 26.7 Å². The van der Waals surface area contributed by atoms with Crippen molar-refractivity contribution >= 4 is 0 Å². The van der Waals surface area contributed by atoms with Crippen molar-refractivity contribution in [2.75, 3.05) is 33.7 Å². The Balaban J connectivity index is 2.34. The molecule has 0 aromatic rings. The van der Waals surface area contributed by atoms with Crippen molar-refractivity contribution in [2.45, 2.75) is 32.7 Å². The molecule has 0 N–H and O–H groups in total. The van der Waals surface area contributed by atoms with Gasteiger partial charge in [-0.3, -0.25) is 0 Å². The van der Waals surface area contributed by atoms with Crippen LogP contribution >= 0.6 is 0 Å². The van der Waals surface area contributed by atoms with Gasteiger partial charge in [-0.15, -0.1) is 0 Å². The Hall–Kier alpha value is -0.0800. The maximum Gasteiger partial charge on any atom is 0.0223 e. The summed E-state index contributed by atoms with van der Waals surface area (Å²) in [4.78, 5) is 4.94. The highest BCUT2D eigenvalue weighted by molar-refractivity contribution is 4.84. The van der Waals surface area contributed by atoms with Crippen molar-refractivity contribution in [3.63, 3.8) is 0 Å². The fourth-order valence-corrected chi connectivity index (χ4v) is 2.19. The zero-order valence-electron chi connectivity index (χ0n) is 9.58. The van der Waals surface area contributed by atoms with Gasteiger partial charge in [0.05, 0.1) is 0 Å². The van der Waals surface area contributed by atoms with Crippen LogP contribution in [0, 0.1) is 5.92 Å². The van der Waals surface area contributed by atoms with Crippen LogP contribution in [0.4, 0.5) is 0 Å². The third-order valence-electron chi connectivity index (χ3n) is 3.41. The Morgan fingerprint density at radius 2 is 2.08 bits per heavy atom. The van der Waals surface area contributed by atoms with Gasteiger partial charge in [0.1, 0.15) is 0 Å². The lowest BCUT2D eigenvalue weighted by Crippen LogP contribution is -2.36. The number of likely N-dealkylation sites (N-methyl/N-ethyl adjacent to an activating group) is 2. The minimum atomic E-state index is 0.801. The van der Waals surface area contributed by atoms with Crippen LogP contribution in [0.25, 0.3) is 0 Å². The monoisotopic (exact) mass is 184 g/mol. The lowest BCUT2D eigenvalue weighted by molar-refractivity contribution is 0.226. The van der Waals surface area contributed by atoms with Crippen molar-refractivity contribution in [2.24, 2.45) is 5.92 Å². The smallest absolute Gasteiger partial charge is 0.0223 e. The summed E-state index contributed by atoms with van der Waals surface area (Å²) in [6.45, 7) is 8.25. The number of likely N-dealkylation sites (tertiary alicyclic amines) is 1. The fourth-order valence-electron chi connectivity index (χ4n) is 2.19. The molecule has 0 bridgehead atoms. The van der Waals surface area contributed by atoms with E-state index in [0.29, 0.717) is 0 Å². The van der Waals surface area contributed by atoms with Crippen LogP contribution in [0.2, 0.25) is 0 Å². The average molecular weight is 184 g/mol. The van der Waals surface area contributed by atoms with Gasteiger partial charge in [-0.25, -0.2) is 0 Å². The Kier molecular flexibility index (Phi) is 4.20. The summed E-state index contributed by atoms with van der Waals surface area (Å²) in [6.07, 6.45) is 2.74. The number of rotatable bonds is 4. The van der Waals surface area contributed by atoms with Gasteiger partial charge in [-0.05, 0) is 33.0 Å². The number of hydrogen-bond acceptors (Lipinski definition) is 2. The normalized spacial score (nSPS) is 30.2. The first kappa shape index (κ1) is 11.0. The minimum Gasteiger partial charge on any atom is -0.305 e. The molecular weight excluding hydrogens is 160 g/mol. The lowest BCUT2D eigenvalue weighted by Gasteiger charge is -2.24. The molecule has 1 heterocycles. The van der Waals surface area contributed by atoms with Gasteiger partial charge >= 0.3 is 0 Å². The first-order valence-electron chi connectivity index (χ1n) is 5.56. The molecule has 0 aromatic carbocycles. The molecule has 2 heteroatoms. The maximum absolute atomic E-state index is 2.53. The molecule has 0 amide bonds. The van der Waals surface area contributed by atoms with Crippen LogP contribution in [0.3, 0.4) is 0 Å². The van der Waals surface area contributed by atoms with Crippen molar-refractivity contribution in [3.05, 3.63) is 0 Å². The molecule has 0 aliphatic carbocycles. The fraction of sp³-hybridized carbons (Fsp3) is 1.00. The summed E-state index contributed by atoms with van der Waals surface area (Å²) in [5, 5.41) is 0. The second kappa shape index (κ2) is 4.97. The van der Waals surface area contributed by atoms with E-state index in [9.17, 15) is 0 Å². The van der Waals surface area contributed by atoms with E-state index in [4.69, 9.17) is 0 Å². The summed E-state index contributed by atoms with van der Waals surface area (Å²) in [6, 6.07) is 0.801. The van der Waals surface area contributed by atoms with E-state index in [1.54, 1.807) is 0 Å². The van der Waals surface area contributed by atoms with E-state index < -0.39 is 0 Å². The van der Waals surface area contributed by atoms with Crippen molar-refractivity contribution < 1.29 is 0 Å². The topological polar surface area (TPSA) is 6.48 Å². The van der Waals surface area contributed by atoms with Crippen molar-refractivity contribution in [1.29, 1.82) is 0 Å². The highest BCUT2D eigenvalue weighted by atomic mass is 15.2. The molecule has 2 unspecified atom stereocenters. The molecule has 0 aromatic heterocycles. The average Bonchev–Trinajstić information content (AvgIpc) is 2.47. The van der Waals surface area contributed by atoms with Crippen LogP contribution in [-0.2, 0) is 0 Å². The van der Waals surface area contributed by atoms with E-state index in [2.05, 4.69) is 37.7 Å². The van der Waals surface area contributed by atoms with Crippen LogP contribution in [0.5, 0.6) is 0 Å². The quantitative estimate of drug-likeness (QED) is 0.656. The zero-order chi connectivity index (χ0) is 9.84. The van der Waals surface area contributed by atoms with Gasteiger partial charge in [0.25, 0.3) is 0 Å². The Labute approximate surface area is 82.9 Å². The summed E-state index contributed by atoms with van der Waals surface area (Å²) in [5.41, 5.74) is 0. The van der Waals surface area contributed by atoms with Gasteiger partial charge in [-0.2, -0.15) is 0 Å². The molecule has 78 valence electrons. The molecule has 2 atom stereocenters. The lowest BCUT2D eigenvalue weighted by atomic mass is 10.0. The summed E-state index contributed by atoms with van der Waals surface area (Å²) < 4.78 is 0. The maximum atomic E-state index is 2.53. The highest BCUT2D eigenvalue weighted by Gasteiger charge is 2.28. The molecule has 2 nitrogen and oxygen atoms in total. The molecule has 1 rings (SSSR count). The van der Waals surface area contributed by atoms with Gasteiger partial charge in [0, 0.05) is 19.1 Å². The van der Waals surface area contributed by atoms with Gasteiger partial charge < -0.3 is 9.80 Å². The first-order chi connectivity index (χ1) is 6.17. The van der Waals surface area contributed by atoms with E-state index in [1.165, 1.54) is 32.5 Å². The van der Waals surface area contributed by atoms with Crippen molar-refractivity contribution in [1.82, 2.24) is 9.80 Å². The number of nitrogens with zero attached hydrogens (tertiary/aromatic N) is 2. The van der Waals surface area contributed by atoms with Crippen LogP contribution < -0.4 is 0 Å². The summed E-state index contributed by atoms with van der Waals surface area (Å²) in [7, 11) is 4.48. The van der Waals surface area contributed by atoms with Gasteiger partial charge in [0.15, 0.2) is 0 Å². The third-order valence-corrected chi connectivity index (χ3v) is 3.41. The SMILES string of the molecule is CCC1CC(CN(C)CC)N(C)C1. The summed E-state index contributed by atoms with van der Waals surface area (Å²) >= 11 is 0. The molecule has 13 heavy (non-hydrogen) atoms. The molecule has 0 radical (unpaired) electrons. The Morgan fingerprint density at radius 3 is 2.54 bits per heavy atom.